The van der Waals surface area contributed by atoms with Gasteiger partial charge in [0.25, 0.3) is 0 Å². The first-order valence-corrected chi connectivity index (χ1v) is 4.96. The highest BCUT2D eigenvalue weighted by atomic mass is 16.4. The van der Waals surface area contributed by atoms with E-state index in [9.17, 15) is 4.79 Å². The highest BCUT2D eigenvalue weighted by molar-refractivity contribution is 5.84. The Morgan fingerprint density at radius 2 is 2.27 bits per heavy atom. The van der Waals surface area contributed by atoms with Crippen LogP contribution in [-0.2, 0) is 4.79 Å². The van der Waals surface area contributed by atoms with E-state index in [-0.39, 0.29) is 11.8 Å². The Balaban J connectivity index is 2.05. The van der Waals surface area contributed by atoms with Gasteiger partial charge in [-0.05, 0) is 30.0 Å². The predicted molar refractivity (Wildman–Crippen MR) is 54.7 cm³/mol. The third-order valence-corrected chi connectivity index (χ3v) is 3.04. The molecule has 1 heterocycles. The first-order chi connectivity index (χ1) is 7.27. The normalized spacial score (nSPS) is 24.3. The molecule has 0 spiro atoms. The average Bonchev–Trinajstić information content (AvgIpc) is 2.87. The minimum Gasteiger partial charge on any atom is -0.481 e. The van der Waals surface area contributed by atoms with Gasteiger partial charge in [-0.1, -0.05) is 12.1 Å². The highest BCUT2D eigenvalue weighted by Crippen LogP contribution is 2.49. The van der Waals surface area contributed by atoms with E-state index >= 15 is 0 Å². The van der Waals surface area contributed by atoms with Crippen LogP contribution in [0, 0.1) is 5.92 Å². The Labute approximate surface area is 86.3 Å². The van der Waals surface area contributed by atoms with Gasteiger partial charge < -0.3 is 9.52 Å². The molecule has 1 aliphatic carbocycles. The molecular weight excluding hydrogens is 192 g/mol. The number of hydrogen-bond acceptors (Lipinski definition) is 2. The van der Waals surface area contributed by atoms with Gasteiger partial charge in [-0.2, -0.15) is 0 Å². The van der Waals surface area contributed by atoms with Crippen molar-refractivity contribution >= 4 is 16.9 Å². The summed E-state index contributed by atoms with van der Waals surface area (Å²) < 4.78 is 5.28. The summed E-state index contributed by atoms with van der Waals surface area (Å²) in [6.45, 7) is 0. The number of fused-ring (bicyclic) bond motifs is 1. The molecule has 1 aromatic carbocycles. The number of carbonyl (C=O) groups is 1. The standard InChI is InChI=1S/C12H10O3/c13-12(14)10-6-9(10)7-2-1-3-11-8(7)4-5-15-11/h1-5,9-10H,6H2,(H,13,14)/t9-,10+/m0/s1. The summed E-state index contributed by atoms with van der Waals surface area (Å²) in [6, 6.07) is 7.71. The molecule has 0 bridgehead atoms. The largest absolute Gasteiger partial charge is 0.481 e. The molecule has 0 saturated heterocycles. The molecule has 1 N–H and O–H groups in total. The number of carboxylic acid groups (broad SMARTS) is 1. The Morgan fingerprint density at radius 1 is 1.40 bits per heavy atom. The second kappa shape index (κ2) is 2.86. The van der Waals surface area contributed by atoms with Crippen LogP contribution >= 0.6 is 0 Å². The zero-order valence-electron chi connectivity index (χ0n) is 8.01. The number of furan rings is 1. The fourth-order valence-corrected chi connectivity index (χ4v) is 2.15. The lowest BCUT2D eigenvalue weighted by molar-refractivity contribution is -0.138. The zero-order chi connectivity index (χ0) is 10.4. The Hall–Kier alpha value is -1.77. The average molecular weight is 202 g/mol. The molecule has 0 amide bonds. The van der Waals surface area contributed by atoms with Crippen molar-refractivity contribution in [2.45, 2.75) is 12.3 Å². The molecule has 0 aliphatic heterocycles. The third-order valence-electron chi connectivity index (χ3n) is 3.04. The van der Waals surface area contributed by atoms with Gasteiger partial charge in [0.05, 0.1) is 12.2 Å². The maximum Gasteiger partial charge on any atom is 0.307 e. The molecule has 0 radical (unpaired) electrons. The van der Waals surface area contributed by atoms with Crippen molar-refractivity contribution in [2.75, 3.05) is 0 Å². The van der Waals surface area contributed by atoms with Gasteiger partial charge in [0.2, 0.25) is 0 Å². The van der Waals surface area contributed by atoms with E-state index < -0.39 is 5.97 Å². The van der Waals surface area contributed by atoms with E-state index in [1.54, 1.807) is 6.26 Å². The summed E-state index contributed by atoms with van der Waals surface area (Å²) in [5.74, 6) is -0.727. The minimum atomic E-state index is -0.694. The van der Waals surface area contributed by atoms with Crippen LogP contribution in [0.2, 0.25) is 0 Å². The van der Waals surface area contributed by atoms with E-state index in [0.29, 0.717) is 0 Å². The topological polar surface area (TPSA) is 50.4 Å². The van der Waals surface area contributed by atoms with Crippen LogP contribution < -0.4 is 0 Å². The zero-order valence-corrected chi connectivity index (χ0v) is 8.01. The Morgan fingerprint density at radius 3 is 3.00 bits per heavy atom. The van der Waals surface area contributed by atoms with Crippen LogP contribution in [0.5, 0.6) is 0 Å². The van der Waals surface area contributed by atoms with Crippen LogP contribution in [0.3, 0.4) is 0 Å². The Bertz CT molecular complexity index is 526. The molecule has 1 saturated carbocycles. The molecule has 3 rings (SSSR count). The van der Waals surface area contributed by atoms with Gasteiger partial charge in [0, 0.05) is 5.39 Å². The van der Waals surface area contributed by atoms with Crippen molar-refractivity contribution in [3.05, 3.63) is 36.1 Å². The van der Waals surface area contributed by atoms with Crippen LogP contribution in [-0.4, -0.2) is 11.1 Å². The molecular formula is C12H10O3. The molecule has 2 aromatic rings. The fraction of sp³-hybridized carbons (Fsp3) is 0.250. The van der Waals surface area contributed by atoms with Crippen molar-refractivity contribution in [3.8, 4) is 0 Å². The second-order valence-corrected chi connectivity index (χ2v) is 3.97. The molecule has 76 valence electrons. The van der Waals surface area contributed by atoms with E-state index in [0.717, 1.165) is 23.0 Å². The molecule has 1 aliphatic rings. The van der Waals surface area contributed by atoms with Gasteiger partial charge in [-0.25, -0.2) is 0 Å². The molecule has 1 fully saturated rings. The Kier molecular flexibility index (Phi) is 1.63. The first kappa shape index (κ1) is 8.53. The number of benzene rings is 1. The number of carboxylic acids is 1. The number of rotatable bonds is 2. The summed E-state index contributed by atoms with van der Waals surface area (Å²) in [5, 5.41) is 9.93. The maximum absolute atomic E-state index is 10.8. The van der Waals surface area contributed by atoms with Crippen molar-refractivity contribution < 1.29 is 14.3 Å². The molecule has 0 unspecified atom stereocenters. The molecule has 1 aromatic heterocycles. The highest BCUT2D eigenvalue weighted by Gasteiger charge is 2.44. The van der Waals surface area contributed by atoms with Gasteiger partial charge in [0.15, 0.2) is 0 Å². The molecule has 3 heteroatoms. The van der Waals surface area contributed by atoms with E-state index in [2.05, 4.69) is 0 Å². The second-order valence-electron chi connectivity index (χ2n) is 3.97. The van der Waals surface area contributed by atoms with Gasteiger partial charge in [0.1, 0.15) is 5.58 Å². The van der Waals surface area contributed by atoms with Gasteiger partial charge in [-0.3, -0.25) is 4.79 Å². The number of hydrogen-bond donors (Lipinski definition) is 1. The van der Waals surface area contributed by atoms with E-state index in [1.165, 1.54) is 0 Å². The van der Waals surface area contributed by atoms with Gasteiger partial charge in [-0.15, -0.1) is 0 Å². The lowest BCUT2D eigenvalue weighted by Gasteiger charge is -1.99. The number of aliphatic carboxylic acids is 1. The van der Waals surface area contributed by atoms with Crippen LogP contribution in [0.4, 0.5) is 0 Å². The summed E-state index contributed by atoms with van der Waals surface area (Å²) >= 11 is 0. The molecule has 3 nitrogen and oxygen atoms in total. The lowest BCUT2D eigenvalue weighted by Crippen LogP contribution is -1.98. The third kappa shape index (κ3) is 1.23. The first-order valence-electron chi connectivity index (χ1n) is 4.96. The maximum atomic E-state index is 10.8. The van der Waals surface area contributed by atoms with Crippen molar-refractivity contribution in [1.29, 1.82) is 0 Å². The quantitative estimate of drug-likeness (QED) is 0.814. The minimum absolute atomic E-state index is 0.170. The van der Waals surface area contributed by atoms with E-state index in [1.807, 2.05) is 24.3 Å². The summed E-state index contributed by atoms with van der Waals surface area (Å²) in [5.41, 5.74) is 1.94. The molecule has 2 atom stereocenters. The van der Waals surface area contributed by atoms with E-state index in [4.69, 9.17) is 9.52 Å². The van der Waals surface area contributed by atoms with Crippen molar-refractivity contribution in [3.63, 3.8) is 0 Å². The SMILES string of the molecule is O=C(O)[C@@H]1C[C@H]1c1cccc2occc12. The van der Waals surface area contributed by atoms with Crippen molar-refractivity contribution in [1.82, 2.24) is 0 Å². The summed E-state index contributed by atoms with van der Waals surface area (Å²) in [7, 11) is 0. The van der Waals surface area contributed by atoms with Crippen LogP contribution in [0.15, 0.2) is 34.9 Å². The lowest BCUT2D eigenvalue weighted by atomic mass is 10.0. The predicted octanol–water partition coefficient (Wildman–Crippen LogP) is 2.62. The van der Waals surface area contributed by atoms with Gasteiger partial charge >= 0.3 is 5.97 Å². The summed E-state index contributed by atoms with van der Waals surface area (Å²) in [6.07, 6.45) is 2.39. The molecule has 15 heavy (non-hydrogen) atoms. The van der Waals surface area contributed by atoms with Crippen LogP contribution in [0.25, 0.3) is 11.0 Å². The monoisotopic (exact) mass is 202 g/mol. The van der Waals surface area contributed by atoms with Crippen LogP contribution in [0.1, 0.15) is 17.9 Å². The summed E-state index contributed by atoms with van der Waals surface area (Å²) in [4.78, 5) is 10.8. The fourth-order valence-electron chi connectivity index (χ4n) is 2.15. The van der Waals surface area contributed by atoms with Crippen molar-refractivity contribution in [2.24, 2.45) is 5.92 Å². The smallest absolute Gasteiger partial charge is 0.307 e.